The van der Waals surface area contributed by atoms with E-state index in [0.717, 1.165) is 14.0 Å². The molecule has 0 aromatic heterocycles. The molecule has 0 spiro atoms. The van der Waals surface area contributed by atoms with Crippen LogP contribution in [-0.4, -0.2) is 39.2 Å². The third kappa shape index (κ3) is 3.76. The predicted octanol–water partition coefficient (Wildman–Crippen LogP) is 4.84. The SMILES string of the molecule is COC(C)(CC(F)(C(F)(F)F)C(F)(F)F)c1cccc(N(C)C)c1. The van der Waals surface area contributed by atoms with Gasteiger partial charge in [0.2, 0.25) is 0 Å². The number of methoxy groups -OCH3 is 1. The molecule has 1 rings (SSSR count). The molecule has 0 saturated heterocycles. The molecule has 0 amide bonds. The Labute approximate surface area is 135 Å². The highest BCUT2D eigenvalue weighted by molar-refractivity contribution is 5.48. The maximum Gasteiger partial charge on any atom is 0.431 e. The van der Waals surface area contributed by atoms with Gasteiger partial charge in [0.1, 0.15) is 0 Å². The highest BCUT2D eigenvalue weighted by atomic mass is 19.4. The standard InChI is InChI=1S/C15H18F7NO/c1-12(24-4,10-6-5-7-11(8-10)23(2)3)9-13(16,14(17,18)19)15(20,21)22/h5-8H,9H2,1-4H3. The lowest BCUT2D eigenvalue weighted by Gasteiger charge is -2.38. The average molecular weight is 361 g/mol. The lowest BCUT2D eigenvalue weighted by molar-refractivity contribution is -0.353. The average Bonchev–Trinajstić information content (AvgIpc) is 2.44. The molecule has 9 heteroatoms. The van der Waals surface area contributed by atoms with Crippen LogP contribution in [-0.2, 0) is 10.3 Å². The summed E-state index contributed by atoms with van der Waals surface area (Å²) in [6, 6.07) is 5.71. The van der Waals surface area contributed by atoms with Crippen LogP contribution in [0.25, 0.3) is 0 Å². The minimum absolute atomic E-state index is 0.00623. The molecule has 0 fully saturated rings. The molecule has 0 aliphatic rings. The number of hydrogen-bond donors (Lipinski definition) is 0. The molecule has 1 unspecified atom stereocenters. The van der Waals surface area contributed by atoms with Gasteiger partial charge in [-0.3, -0.25) is 0 Å². The van der Waals surface area contributed by atoms with Crippen molar-refractivity contribution in [1.29, 1.82) is 0 Å². The highest BCUT2D eigenvalue weighted by Crippen LogP contribution is 2.52. The number of hydrogen-bond acceptors (Lipinski definition) is 2. The van der Waals surface area contributed by atoms with Gasteiger partial charge < -0.3 is 9.64 Å². The van der Waals surface area contributed by atoms with E-state index in [-0.39, 0.29) is 5.56 Å². The second-order valence-electron chi connectivity index (χ2n) is 5.85. The molecular formula is C15H18F7NO. The first kappa shape index (κ1) is 20.5. The van der Waals surface area contributed by atoms with Gasteiger partial charge in [-0.05, 0) is 24.6 Å². The van der Waals surface area contributed by atoms with Gasteiger partial charge in [0.25, 0.3) is 0 Å². The van der Waals surface area contributed by atoms with E-state index in [1.807, 2.05) is 0 Å². The van der Waals surface area contributed by atoms with Crippen molar-refractivity contribution in [3.63, 3.8) is 0 Å². The second-order valence-corrected chi connectivity index (χ2v) is 5.85. The molecule has 0 heterocycles. The summed E-state index contributed by atoms with van der Waals surface area (Å²) in [5.41, 5.74) is -6.99. The van der Waals surface area contributed by atoms with Gasteiger partial charge in [-0.15, -0.1) is 0 Å². The second kappa shape index (κ2) is 6.42. The highest BCUT2D eigenvalue weighted by Gasteiger charge is 2.74. The number of rotatable bonds is 5. The molecular weight excluding hydrogens is 343 g/mol. The van der Waals surface area contributed by atoms with E-state index < -0.39 is 30.0 Å². The Kier molecular flexibility index (Phi) is 5.49. The quantitative estimate of drug-likeness (QED) is 0.696. The summed E-state index contributed by atoms with van der Waals surface area (Å²) in [4.78, 5) is 1.61. The summed E-state index contributed by atoms with van der Waals surface area (Å²) in [5.74, 6) is 0. The fourth-order valence-electron chi connectivity index (χ4n) is 2.23. The van der Waals surface area contributed by atoms with E-state index in [2.05, 4.69) is 0 Å². The first-order valence-corrected chi connectivity index (χ1v) is 6.83. The minimum Gasteiger partial charge on any atom is -0.378 e. The van der Waals surface area contributed by atoms with Crippen LogP contribution in [0.5, 0.6) is 0 Å². The lowest BCUT2D eigenvalue weighted by atomic mass is 9.83. The number of anilines is 1. The van der Waals surface area contributed by atoms with E-state index in [4.69, 9.17) is 4.74 Å². The van der Waals surface area contributed by atoms with Crippen molar-refractivity contribution >= 4 is 5.69 Å². The van der Waals surface area contributed by atoms with E-state index in [0.29, 0.717) is 5.69 Å². The molecule has 138 valence electrons. The first-order valence-electron chi connectivity index (χ1n) is 6.83. The molecule has 1 aromatic carbocycles. The third-order valence-electron chi connectivity index (χ3n) is 3.90. The van der Waals surface area contributed by atoms with E-state index in [1.165, 1.54) is 18.2 Å². The summed E-state index contributed by atoms with van der Waals surface area (Å²) in [6.45, 7) is 0.994. The molecule has 0 N–H and O–H groups in total. The van der Waals surface area contributed by atoms with E-state index in [1.54, 1.807) is 25.1 Å². The number of benzene rings is 1. The van der Waals surface area contributed by atoms with Gasteiger partial charge >= 0.3 is 18.0 Å². The van der Waals surface area contributed by atoms with E-state index in [9.17, 15) is 30.7 Å². The molecule has 2 nitrogen and oxygen atoms in total. The maximum atomic E-state index is 14.1. The fraction of sp³-hybridized carbons (Fsp3) is 0.600. The van der Waals surface area contributed by atoms with Crippen molar-refractivity contribution in [3.8, 4) is 0 Å². The summed E-state index contributed by atoms with van der Waals surface area (Å²) in [7, 11) is 4.23. The van der Waals surface area contributed by atoms with Crippen molar-refractivity contribution in [3.05, 3.63) is 29.8 Å². The van der Waals surface area contributed by atoms with Crippen LogP contribution in [0.15, 0.2) is 24.3 Å². The first-order chi connectivity index (χ1) is 10.7. The Morgan fingerprint density at radius 3 is 1.83 bits per heavy atom. The molecule has 0 aliphatic heterocycles. The van der Waals surface area contributed by atoms with Crippen LogP contribution in [0, 0.1) is 0 Å². The van der Waals surface area contributed by atoms with Gasteiger partial charge in [0.15, 0.2) is 0 Å². The number of alkyl halides is 7. The van der Waals surface area contributed by atoms with Gasteiger partial charge in [-0.1, -0.05) is 12.1 Å². The summed E-state index contributed by atoms with van der Waals surface area (Å²) >= 11 is 0. The molecule has 1 atom stereocenters. The largest absolute Gasteiger partial charge is 0.431 e. The zero-order chi connectivity index (χ0) is 19.0. The monoisotopic (exact) mass is 361 g/mol. The Balaban J connectivity index is 3.40. The van der Waals surface area contributed by atoms with E-state index >= 15 is 0 Å². The zero-order valence-electron chi connectivity index (χ0n) is 13.5. The summed E-state index contributed by atoms with van der Waals surface area (Å²) in [6.07, 6.45) is -14.2. The van der Waals surface area contributed by atoms with Crippen molar-refractivity contribution in [1.82, 2.24) is 0 Å². The molecule has 24 heavy (non-hydrogen) atoms. The van der Waals surface area contributed by atoms with Gasteiger partial charge in [0, 0.05) is 33.3 Å². The van der Waals surface area contributed by atoms with Gasteiger partial charge in [-0.25, -0.2) is 4.39 Å². The molecule has 0 bridgehead atoms. The lowest BCUT2D eigenvalue weighted by Crippen LogP contribution is -2.56. The van der Waals surface area contributed by atoms with Crippen LogP contribution in [0.4, 0.5) is 36.4 Å². The smallest absolute Gasteiger partial charge is 0.378 e. The van der Waals surface area contributed by atoms with Crippen molar-refractivity contribution in [2.24, 2.45) is 0 Å². The maximum absolute atomic E-state index is 14.1. The van der Waals surface area contributed by atoms with Gasteiger partial charge in [-0.2, -0.15) is 26.3 Å². The van der Waals surface area contributed by atoms with Crippen LogP contribution in [0.3, 0.4) is 0 Å². The predicted molar refractivity (Wildman–Crippen MR) is 75.7 cm³/mol. The summed E-state index contributed by atoms with van der Waals surface area (Å²) in [5, 5.41) is 0. The Hall–Kier alpha value is -1.51. The van der Waals surface area contributed by atoms with Gasteiger partial charge in [0.05, 0.1) is 5.60 Å². The third-order valence-corrected chi connectivity index (χ3v) is 3.90. The van der Waals surface area contributed by atoms with Crippen molar-refractivity contribution in [2.45, 2.75) is 37.0 Å². The van der Waals surface area contributed by atoms with Crippen LogP contribution in [0.2, 0.25) is 0 Å². The number of nitrogens with zero attached hydrogens (tertiary/aromatic N) is 1. The topological polar surface area (TPSA) is 12.5 Å². The van der Waals surface area contributed by atoms with Crippen molar-refractivity contribution in [2.75, 3.05) is 26.1 Å². The van der Waals surface area contributed by atoms with Crippen LogP contribution < -0.4 is 4.90 Å². The fourth-order valence-corrected chi connectivity index (χ4v) is 2.23. The Morgan fingerprint density at radius 2 is 1.46 bits per heavy atom. The number of ether oxygens (including phenoxy) is 1. The normalized spacial score (nSPS) is 16.0. The minimum atomic E-state index is -6.12. The Bertz CT molecular complexity index is 554. The molecule has 1 aromatic rings. The number of halogens is 7. The van der Waals surface area contributed by atoms with Crippen LogP contribution >= 0.6 is 0 Å². The van der Waals surface area contributed by atoms with Crippen LogP contribution in [0.1, 0.15) is 18.9 Å². The molecule has 0 saturated carbocycles. The zero-order valence-corrected chi connectivity index (χ0v) is 13.5. The Morgan fingerprint density at radius 1 is 0.958 bits per heavy atom. The summed E-state index contributed by atoms with van der Waals surface area (Å²) < 4.78 is 96.0. The van der Waals surface area contributed by atoms with Crippen molar-refractivity contribution < 1.29 is 35.5 Å². The molecule has 0 aliphatic carbocycles. The molecule has 0 radical (unpaired) electrons.